The van der Waals surface area contributed by atoms with Gasteiger partial charge in [0.05, 0.1) is 12.2 Å². The fourth-order valence-corrected chi connectivity index (χ4v) is 2.64. The molecule has 0 aromatic heterocycles. The molecular weight excluding hydrogens is 273 g/mol. The minimum atomic E-state index is -0.647. The second-order valence-corrected chi connectivity index (χ2v) is 5.56. The molecule has 1 aliphatic rings. The molecule has 1 fully saturated rings. The Morgan fingerprint density at radius 3 is 2.61 bits per heavy atom. The molecule has 1 aliphatic heterocycles. The van der Waals surface area contributed by atoms with Gasteiger partial charge in [-0.1, -0.05) is 23.2 Å². The smallest absolute Gasteiger partial charge is 0.0931 e. The molecule has 0 amide bonds. The molecular formula is C13H17Cl2NO2. The van der Waals surface area contributed by atoms with Crippen LogP contribution in [0.15, 0.2) is 18.2 Å². The SMILES string of the molecule is OC1CCN(C[C@H](O)c2cc(Cl)ccc2Cl)CC1. The normalized spacial score (nSPS) is 20.0. The maximum Gasteiger partial charge on any atom is 0.0931 e. The number of piperidine rings is 1. The summed E-state index contributed by atoms with van der Waals surface area (Å²) in [6.07, 6.45) is 0.672. The monoisotopic (exact) mass is 289 g/mol. The number of benzene rings is 1. The molecule has 0 radical (unpaired) electrons. The highest BCUT2D eigenvalue weighted by Gasteiger charge is 2.21. The summed E-state index contributed by atoms with van der Waals surface area (Å²) in [4.78, 5) is 2.13. The molecule has 1 atom stereocenters. The highest BCUT2D eigenvalue weighted by Crippen LogP contribution is 2.27. The lowest BCUT2D eigenvalue weighted by Crippen LogP contribution is -2.38. The fourth-order valence-electron chi connectivity index (χ4n) is 2.21. The topological polar surface area (TPSA) is 43.7 Å². The summed E-state index contributed by atoms with van der Waals surface area (Å²) in [5.41, 5.74) is 0.662. The summed E-state index contributed by atoms with van der Waals surface area (Å²) in [7, 11) is 0. The largest absolute Gasteiger partial charge is 0.393 e. The molecule has 1 saturated heterocycles. The number of β-amino-alcohol motifs (C(OH)–C–C–N with tert-alkyl or cyclic N) is 1. The maximum atomic E-state index is 10.2. The van der Waals surface area contributed by atoms with Crippen LogP contribution in [0.5, 0.6) is 0 Å². The van der Waals surface area contributed by atoms with Crippen molar-refractivity contribution < 1.29 is 10.2 Å². The summed E-state index contributed by atoms with van der Waals surface area (Å²) in [6, 6.07) is 5.10. The first-order valence-electron chi connectivity index (χ1n) is 6.09. The van der Waals surface area contributed by atoms with E-state index in [0.29, 0.717) is 22.2 Å². The van der Waals surface area contributed by atoms with Crippen LogP contribution in [0.25, 0.3) is 0 Å². The van der Waals surface area contributed by atoms with Gasteiger partial charge in [-0.05, 0) is 31.0 Å². The summed E-state index contributed by atoms with van der Waals surface area (Å²) >= 11 is 12.0. The molecule has 0 spiro atoms. The lowest BCUT2D eigenvalue weighted by atomic mass is 10.1. The average molecular weight is 290 g/mol. The van der Waals surface area contributed by atoms with Gasteiger partial charge in [0, 0.05) is 35.2 Å². The van der Waals surface area contributed by atoms with Crippen LogP contribution < -0.4 is 0 Å². The zero-order valence-corrected chi connectivity index (χ0v) is 11.5. The van der Waals surface area contributed by atoms with E-state index in [9.17, 15) is 10.2 Å². The second kappa shape index (κ2) is 6.22. The number of aliphatic hydroxyl groups excluding tert-OH is 2. The van der Waals surface area contributed by atoms with Crippen LogP contribution in [-0.4, -0.2) is 40.9 Å². The van der Waals surface area contributed by atoms with Gasteiger partial charge < -0.3 is 15.1 Å². The lowest BCUT2D eigenvalue weighted by molar-refractivity contribution is 0.0508. The summed E-state index contributed by atoms with van der Waals surface area (Å²) in [5, 5.41) is 20.7. The molecule has 0 saturated carbocycles. The van der Waals surface area contributed by atoms with E-state index in [-0.39, 0.29) is 6.10 Å². The summed E-state index contributed by atoms with van der Waals surface area (Å²) in [5.74, 6) is 0. The van der Waals surface area contributed by atoms with E-state index >= 15 is 0 Å². The second-order valence-electron chi connectivity index (χ2n) is 4.71. The van der Waals surface area contributed by atoms with E-state index in [1.807, 2.05) is 0 Å². The van der Waals surface area contributed by atoms with Crippen molar-refractivity contribution in [3.63, 3.8) is 0 Å². The predicted octanol–water partition coefficient (Wildman–Crippen LogP) is 2.48. The Morgan fingerprint density at radius 1 is 1.28 bits per heavy atom. The molecule has 3 nitrogen and oxygen atoms in total. The van der Waals surface area contributed by atoms with E-state index in [1.54, 1.807) is 18.2 Å². The van der Waals surface area contributed by atoms with Crippen molar-refractivity contribution in [3.8, 4) is 0 Å². The molecule has 1 heterocycles. The molecule has 2 rings (SSSR count). The van der Waals surface area contributed by atoms with Crippen molar-refractivity contribution >= 4 is 23.2 Å². The van der Waals surface area contributed by atoms with Crippen LogP contribution in [0.4, 0.5) is 0 Å². The molecule has 0 aliphatic carbocycles. The van der Waals surface area contributed by atoms with Crippen molar-refractivity contribution in [1.29, 1.82) is 0 Å². The third-order valence-corrected chi connectivity index (χ3v) is 3.88. The molecule has 1 aromatic rings. The van der Waals surface area contributed by atoms with Crippen molar-refractivity contribution in [2.24, 2.45) is 0 Å². The van der Waals surface area contributed by atoms with Crippen LogP contribution in [0, 0.1) is 0 Å². The third-order valence-electron chi connectivity index (χ3n) is 3.31. The lowest BCUT2D eigenvalue weighted by Gasteiger charge is -2.31. The van der Waals surface area contributed by atoms with Crippen LogP contribution in [-0.2, 0) is 0 Å². The number of rotatable bonds is 3. The van der Waals surface area contributed by atoms with Gasteiger partial charge in [0.2, 0.25) is 0 Å². The number of hydrogen-bond acceptors (Lipinski definition) is 3. The number of halogens is 2. The van der Waals surface area contributed by atoms with Gasteiger partial charge in [-0.25, -0.2) is 0 Å². The first-order chi connectivity index (χ1) is 8.56. The average Bonchev–Trinajstić information content (AvgIpc) is 2.35. The zero-order chi connectivity index (χ0) is 13.1. The molecule has 5 heteroatoms. The third kappa shape index (κ3) is 3.59. The molecule has 2 N–H and O–H groups in total. The van der Waals surface area contributed by atoms with Gasteiger partial charge in [0.15, 0.2) is 0 Å². The Kier molecular flexibility index (Phi) is 4.87. The first-order valence-corrected chi connectivity index (χ1v) is 6.85. The highest BCUT2D eigenvalue weighted by molar-refractivity contribution is 6.33. The highest BCUT2D eigenvalue weighted by atomic mass is 35.5. The van der Waals surface area contributed by atoms with E-state index < -0.39 is 6.10 Å². The number of aliphatic hydroxyl groups is 2. The molecule has 0 bridgehead atoms. The number of hydrogen-bond donors (Lipinski definition) is 2. The van der Waals surface area contributed by atoms with Gasteiger partial charge in [0.25, 0.3) is 0 Å². The molecule has 18 heavy (non-hydrogen) atoms. The maximum absolute atomic E-state index is 10.2. The minimum Gasteiger partial charge on any atom is -0.393 e. The van der Waals surface area contributed by atoms with E-state index in [4.69, 9.17) is 23.2 Å². The minimum absolute atomic E-state index is 0.201. The van der Waals surface area contributed by atoms with Gasteiger partial charge in [0.1, 0.15) is 0 Å². The number of likely N-dealkylation sites (tertiary alicyclic amines) is 1. The van der Waals surface area contributed by atoms with Crippen molar-refractivity contribution in [2.75, 3.05) is 19.6 Å². The Hall–Kier alpha value is -0.320. The molecule has 1 aromatic carbocycles. The van der Waals surface area contributed by atoms with Crippen molar-refractivity contribution in [3.05, 3.63) is 33.8 Å². The van der Waals surface area contributed by atoms with Gasteiger partial charge >= 0.3 is 0 Å². The first kappa shape index (κ1) is 14.1. The van der Waals surface area contributed by atoms with E-state index in [2.05, 4.69) is 4.90 Å². The molecule has 100 valence electrons. The standard InChI is InChI=1S/C13H17Cl2NO2/c14-9-1-2-12(15)11(7-9)13(18)8-16-5-3-10(17)4-6-16/h1-2,7,10,13,17-18H,3-6,8H2/t13-/m0/s1. The van der Waals surface area contributed by atoms with Crippen molar-refractivity contribution in [1.82, 2.24) is 4.90 Å². The van der Waals surface area contributed by atoms with Gasteiger partial charge in [-0.15, -0.1) is 0 Å². The predicted molar refractivity (Wildman–Crippen MR) is 73.1 cm³/mol. The van der Waals surface area contributed by atoms with Gasteiger partial charge in [-0.3, -0.25) is 0 Å². The van der Waals surface area contributed by atoms with E-state index in [0.717, 1.165) is 25.9 Å². The van der Waals surface area contributed by atoms with E-state index in [1.165, 1.54) is 0 Å². The Balaban J connectivity index is 1.98. The zero-order valence-electron chi connectivity index (χ0n) is 10.0. The molecule has 0 unspecified atom stereocenters. The fraction of sp³-hybridized carbons (Fsp3) is 0.538. The summed E-state index contributed by atoms with van der Waals surface area (Å²) < 4.78 is 0. The number of nitrogens with zero attached hydrogens (tertiary/aromatic N) is 1. The van der Waals surface area contributed by atoms with Crippen LogP contribution >= 0.6 is 23.2 Å². The Labute approximate surface area is 117 Å². The van der Waals surface area contributed by atoms with Crippen LogP contribution in [0.2, 0.25) is 10.0 Å². The van der Waals surface area contributed by atoms with Gasteiger partial charge in [-0.2, -0.15) is 0 Å². The Bertz CT molecular complexity index is 406. The van der Waals surface area contributed by atoms with Crippen LogP contribution in [0.1, 0.15) is 24.5 Å². The summed E-state index contributed by atoms with van der Waals surface area (Å²) in [6.45, 7) is 2.12. The van der Waals surface area contributed by atoms with Crippen LogP contribution in [0.3, 0.4) is 0 Å². The van der Waals surface area contributed by atoms with Crippen molar-refractivity contribution in [2.45, 2.75) is 25.0 Å². The quantitative estimate of drug-likeness (QED) is 0.899. The Morgan fingerprint density at radius 2 is 1.94 bits per heavy atom.